The fourth-order valence-corrected chi connectivity index (χ4v) is 1.73. The van der Waals surface area contributed by atoms with E-state index >= 15 is 0 Å². The number of hydrogen-bond donors (Lipinski definition) is 3. The summed E-state index contributed by atoms with van der Waals surface area (Å²) >= 11 is 0. The van der Waals surface area contributed by atoms with E-state index < -0.39 is 11.8 Å². The summed E-state index contributed by atoms with van der Waals surface area (Å²) in [6.07, 6.45) is 0. The van der Waals surface area contributed by atoms with Crippen LogP contribution in [0.1, 0.15) is 15.9 Å². The molecule has 4 nitrogen and oxygen atoms in total. The van der Waals surface area contributed by atoms with Crippen LogP contribution in [-0.2, 0) is 0 Å². The number of carbonyl (C=O) groups is 1. The first kappa shape index (κ1) is 12.9. The van der Waals surface area contributed by atoms with Gasteiger partial charge in [0.2, 0.25) is 0 Å². The van der Waals surface area contributed by atoms with Gasteiger partial charge in [-0.1, -0.05) is 18.2 Å². The fourth-order valence-electron chi connectivity index (χ4n) is 1.73. The van der Waals surface area contributed by atoms with Crippen LogP contribution in [0.3, 0.4) is 0 Å². The fraction of sp³-hybridized carbons (Fsp3) is 0.0714. The quantitative estimate of drug-likeness (QED) is 0.741. The predicted octanol–water partition coefficient (Wildman–Crippen LogP) is 3.16. The van der Waals surface area contributed by atoms with Crippen LogP contribution in [0.15, 0.2) is 36.4 Å². The molecule has 0 unspecified atom stereocenters. The third-order valence-corrected chi connectivity index (χ3v) is 2.78. The van der Waals surface area contributed by atoms with Crippen molar-refractivity contribution < 1.29 is 14.3 Å². The van der Waals surface area contributed by atoms with Gasteiger partial charge in [0.25, 0.3) is 0 Å². The zero-order chi connectivity index (χ0) is 14.0. The molecule has 0 bridgehead atoms. The van der Waals surface area contributed by atoms with Gasteiger partial charge in [-0.25, -0.2) is 9.18 Å². The summed E-state index contributed by atoms with van der Waals surface area (Å²) in [7, 11) is 0. The molecular weight excluding hydrogens is 247 g/mol. The lowest BCUT2D eigenvalue weighted by Crippen LogP contribution is -2.05. The number of hydrogen-bond acceptors (Lipinski definition) is 3. The minimum Gasteiger partial charge on any atom is -0.478 e. The molecule has 0 aliphatic rings. The highest BCUT2D eigenvalue weighted by Crippen LogP contribution is 2.26. The Balaban J connectivity index is 2.43. The molecule has 0 heterocycles. The number of anilines is 3. The average Bonchev–Trinajstić information content (AvgIpc) is 2.34. The molecule has 2 aromatic rings. The third kappa shape index (κ3) is 2.65. The van der Waals surface area contributed by atoms with Gasteiger partial charge in [-0.3, -0.25) is 0 Å². The van der Waals surface area contributed by atoms with Crippen LogP contribution in [-0.4, -0.2) is 11.1 Å². The predicted molar refractivity (Wildman–Crippen MR) is 72.2 cm³/mol. The van der Waals surface area contributed by atoms with E-state index in [0.717, 1.165) is 11.6 Å². The number of nitrogens with one attached hydrogen (secondary N) is 1. The summed E-state index contributed by atoms with van der Waals surface area (Å²) < 4.78 is 13.8. The Labute approximate surface area is 109 Å². The van der Waals surface area contributed by atoms with Crippen molar-refractivity contribution in [1.29, 1.82) is 0 Å². The Morgan fingerprint density at radius 1 is 1.26 bits per heavy atom. The van der Waals surface area contributed by atoms with Gasteiger partial charge in [0.05, 0.1) is 11.3 Å². The van der Waals surface area contributed by atoms with E-state index in [4.69, 9.17) is 10.8 Å². The molecule has 19 heavy (non-hydrogen) atoms. The summed E-state index contributed by atoms with van der Waals surface area (Å²) in [6.45, 7) is 1.87. The van der Waals surface area contributed by atoms with Crippen LogP contribution in [0, 0.1) is 12.7 Å². The highest BCUT2D eigenvalue weighted by atomic mass is 19.1. The van der Waals surface area contributed by atoms with Crippen LogP contribution >= 0.6 is 0 Å². The highest BCUT2D eigenvalue weighted by molar-refractivity contribution is 5.95. The number of aryl methyl sites for hydroxylation is 1. The number of carboxylic acids is 1. The molecule has 0 saturated carbocycles. The maximum Gasteiger partial charge on any atom is 0.337 e. The molecule has 0 aliphatic carbocycles. The number of aromatic carboxylic acids is 1. The molecule has 0 aromatic heterocycles. The topological polar surface area (TPSA) is 75.3 Å². The molecule has 0 aliphatic heterocycles. The van der Waals surface area contributed by atoms with Crippen molar-refractivity contribution in [2.24, 2.45) is 0 Å². The largest absolute Gasteiger partial charge is 0.478 e. The smallest absolute Gasteiger partial charge is 0.337 e. The lowest BCUT2D eigenvalue weighted by molar-refractivity contribution is 0.0698. The molecule has 0 atom stereocenters. The van der Waals surface area contributed by atoms with Crippen molar-refractivity contribution in [3.63, 3.8) is 0 Å². The van der Waals surface area contributed by atoms with Gasteiger partial charge in [-0.2, -0.15) is 0 Å². The first-order valence-electron chi connectivity index (χ1n) is 5.64. The Hall–Kier alpha value is -2.56. The molecule has 0 fully saturated rings. The monoisotopic (exact) mass is 260 g/mol. The van der Waals surface area contributed by atoms with Gasteiger partial charge in [-0.15, -0.1) is 0 Å². The number of rotatable bonds is 3. The molecule has 0 saturated heterocycles. The lowest BCUT2D eigenvalue weighted by Gasteiger charge is -2.12. The van der Waals surface area contributed by atoms with Crippen molar-refractivity contribution in [3.05, 3.63) is 53.3 Å². The van der Waals surface area contributed by atoms with Gasteiger partial charge in [0, 0.05) is 11.4 Å². The van der Waals surface area contributed by atoms with Crippen LogP contribution in [0.5, 0.6) is 0 Å². The molecule has 98 valence electrons. The lowest BCUT2D eigenvalue weighted by atomic mass is 10.1. The summed E-state index contributed by atoms with van der Waals surface area (Å²) in [5.74, 6) is -1.78. The summed E-state index contributed by atoms with van der Waals surface area (Å²) in [6, 6.07) is 9.52. The molecule has 0 spiro atoms. The highest BCUT2D eigenvalue weighted by Gasteiger charge is 2.13. The standard InChI is InChI=1S/C14H13FN2O2/c1-8-4-2-3-5-12(8)17-13-6-9(14(18)19)11(16)7-10(13)15/h2-7,17H,16H2,1H3,(H,18,19). The zero-order valence-electron chi connectivity index (χ0n) is 10.3. The second-order valence-corrected chi connectivity index (χ2v) is 4.16. The third-order valence-electron chi connectivity index (χ3n) is 2.78. The Morgan fingerprint density at radius 3 is 2.58 bits per heavy atom. The van der Waals surface area contributed by atoms with E-state index in [1.54, 1.807) is 6.07 Å². The van der Waals surface area contributed by atoms with E-state index in [1.165, 1.54) is 6.07 Å². The Bertz CT molecular complexity index is 641. The van der Waals surface area contributed by atoms with Gasteiger partial charge in [0.1, 0.15) is 5.82 Å². The minimum atomic E-state index is -1.19. The van der Waals surface area contributed by atoms with Crippen LogP contribution in [0.4, 0.5) is 21.5 Å². The van der Waals surface area contributed by atoms with E-state index in [2.05, 4.69) is 5.32 Å². The van der Waals surface area contributed by atoms with Crippen molar-refractivity contribution in [2.45, 2.75) is 6.92 Å². The zero-order valence-corrected chi connectivity index (χ0v) is 10.3. The van der Waals surface area contributed by atoms with Crippen LogP contribution in [0.25, 0.3) is 0 Å². The van der Waals surface area contributed by atoms with E-state index in [0.29, 0.717) is 5.69 Å². The molecular formula is C14H13FN2O2. The molecule has 2 aromatic carbocycles. The van der Waals surface area contributed by atoms with Gasteiger partial charge in [0.15, 0.2) is 0 Å². The van der Waals surface area contributed by atoms with Gasteiger partial charge >= 0.3 is 5.97 Å². The van der Waals surface area contributed by atoms with Crippen LogP contribution < -0.4 is 11.1 Å². The molecule has 5 heteroatoms. The Morgan fingerprint density at radius 2 is 1.95 bits per heavy atom. The SMILES string of the molecule is Cc1ccccc1Nc1cc(C(=O)O)c(N)cc1F. The maximum atomic E-state index is 13.8. The molecule has 2 rings (SSSR count). The number of carboxylic acid groups (broad SMARTS) is 1. The number of nitrogens with two attached hydrogens (primary N) is 1. The first-order valence-corrected chi connectivity index (χ1v) is 5.64. The number of benzene rings is 2. The maximum absolute atomic E-state index is 13.8. The second kappa shape index (κ2) is 4.97. The van der Waals surface area contributed by atoms with Crippen molar-refractivity contribution in [2.75, 3.05) is 11.1 Å². The van der Waals surface area contributed by atoms with Gasteiger partial charge in [-0.05, 0) is 30.7 Å². The number of nitrogen functional groups attached to an aromatic ring is 1. The number of para-hydroxylation sites is 1. The molecule has 4 N–H and O–H groups in total. The van der Waals surface area contributed by atoms with E-state index in [1.807, 2.05) is 25.1 Å². The second-order valence-electron chi connectivity index (χ2n) is 4.16. The Kier molecular flexibility index (Phi) is 3.37. The normalized spacial score (nSPS) is 10.2. The molecule has 0 amide bonds. The van der Waals surface area contributed by atoms with Crippen molar-refractivity contribution in [1.82, 2.24) is 0 Å². The van der Waals surface area contributed by atoms with Crippen LogP contribution in [0.2, 0.25) is 0 Å². The number of halogens is 1. The minimum absolute atomic E-state index is 0.0842. The summed E-state index contributed by atoms with van der Waals surface area (Å²) in [5, 5.41) is 11.8. The first-order chi connectivity index (χ1) is 8.99. The van der Waals surface area contributed by atoms with Crippen molar-refractivity contribution in [3.8, 4) is 0 Å². The van der Waals surface area contributed by atoms with Crippen molar-refractivity contribution >= 4 is 23.0 Å². The summed E-state index contributed by atoms with van der Waals surface area (Å²) in [5.41, 5.74) is 6.96. The van der Waals surface area contributed by atoms with E-state index in [-0.39, 0.29) is 16.9 Å². The average molecular weight is 260 g/mol. The summed E-state index contributed by atoms with van der Waals surface area (Å²) in [4.78, 5) is 11.0. The van der Waals surface area contributed by atoms with E-state index in [9.17, 15) is 9.18 Å². The molecule has 0 radical (unpaired) electrons. The van der Waals surface area contributed by atoms with Gasteiger partial charge < -0.3 is 16.2 Å².